The maximum Gasteiger partial charge on any atom is 0.210 e. The summed E-state index contributed by atoms with van der Waals surface area (Å²) in [6, 6.07) is 9.41. The molecule has 3 aromatic heterocycles. The summed E-state index contributed by atoms with van der Waals surface area (Å²) in [5.41, 5.74) is 2.60. The first kappa shape index (κ1) is 14.6. The molecule has 0 unspecified atom stereocenters. The summed E-state index contributed by atoms with van der Waals surface area (Å²) in [6.07, 6.45) is 4.04. The fourth-order valence-corrected chi connectivity index (χ4v) is 3.57. The van der Waals surface area contributed by atoms with Gasteiger partial charge in [0.05, 0.1) is 5.69 Å². The lowest BCUT2D eigenvalue weighted by atomic mass is 10.2. The van der Waals surface area contributed by atoms with Gasteiger partial charge in [0.15, 0.2) is 0 Å². The second-order valence-electron chi connectivity index (χ2n) is 5.54. The molecule has 3 aromatic rings. The Bertz CT molecular complexity index is 861. The quantitative estimate of drug-likeness (QED) is 0.608. The van der Waals surface area contributed by atoms with Crippen LogP contribution >= 0.6 is 22.9 Å². The third-order valence-electron chi connectivity index (χ3n) is 3.58. The zero-order chi connectivity index (χ0) is 15.8. The maximum atomic E-state index is 6.03. The minimum atomic E-state index is 0.407. The average molecular weight is 344 g/mol. The lowest BCUT2D eigenvalue weighted by molar-refractivity contribution is 0.496. The molecule has 0 aliphatic heterocycles. The Morgan fingerprint density at radius 2 is 2.09 bits per heavy atom. The molecule has 23 heavy (non-hydrogen) atoms. The Hall–Kier alpha value is -1.98. The van der Waals surface area contributed by atoms with Gasteiger partial charge in [0, 0.05) is 23.9 Å². The fourth-order valence-electron chi connectivity index (χ4n) is 2.29. The van der Waals surface area contributed by atoms with E-state index in [-0.39, 0.29) is 0 Å². The van der Waals surface area contributed by atoms with E-state index >= 15 is 0 Å². The summed E-state index contributed by atoms with van der Waals surface area (Å²) in [7, 11) is 0. The van der Waals surface area contributed by atoms with Crippen LogP contribution in [0.5, 0.6) is 10.8 Å². The van der Waals surface area contributed by atoms with E-state index in [0.717, 1.165) is 27.2 Å². The fraction of sp³-hybridized carbons (Fsp3) is 0.235. The molecular weight excluding hydrogens is 330 g/mol. The van der Waals surface area contributed by atoms with E-state index in [2.05, 4.69) is 9.97 Å². The van der Waals surface area contributed by atoms with Crippen molar-refractivity contribution in [3.8, 4) is 22.2 Å². The van der Waals surface area contributed by atoms with Crippen molar-refractivity contribution in [2.75, 3.05) is 0 Å². The molecule has 0 amide bonds. The van der Waals surface area contributed by atoms with Crippen LogP contribution in [0.1, 0.15) is 29.5 Å². The summed E-state index contributed by atoms with van der Waals surface area (Å²) in [5, 5.41) is 2.29. The molecule has 0 saturated heterocycles. The Morgan fingerprint density at radius 1 is 1.22 bits per heavy atom. The van der Waals surface area contributed by atoms with Gasteiger partial charge in [0.1, 0.15) is 21.6 Å². The number of ether oxygens (including phenoxy) is 1. The number of aryl methyl sites for hydroxylation is 1. The van der Waals surface area contributed by atoms with Gasteiger partial charge in [-0.15, -0.1) is 0 Å². The van der Waals surface area contributed by atoms with Gasteiger partial charge in [-0.05, 0) is 38.0 Å². The molecule has 3 heterocycles. The predicted octanol–water partition coefficient (Wildman–Crippen LogP) is 5.23. The molecular formula is C17H14ClN3OS. The Kier molecular flexibility index (Phi) is 3.75. The number of hydrogen-bond donors (Lipinski definition) is 0. The molecule has 6 heteroatoms. The minimum Gasteiger partial charge on any atom is -0.444 e. The topological polar surface area (TPSA) is 47.9 Å². The minimum absolute atomic E-state index is 0.407. The predicted molar refractivity (Wildman–Crippen MR) is 91.4 cm³/mol. The van der Waals surface area contributed by atoms with Gasteiger partial charge in [-0.3, -0.25) is 4.98 Å². The number of thiazole rings is 1. The second-order valence-corrected chi connectivity index (χ2v) is 6.92. The number of halogens is 1. The molecule has 1 fully saturated rings. The molecule has 0 atom stereocenters. The van der Waals surface area contributed by atoms with Crippen LogP contribution in [-0.4, -0.2) is 15.0 Å². The molecule has 1 aliphatic carbocycles. The average Bonchev–Trinajstić information content (AvgIpc) is 3.29. The first-order chi connectivity index (χ1) is 11.2. The van der Waals surface area contributed by atoms with Crippen molar-refractivity contribution in [3.63, 3.8) is 0 Å². The van der Waals surface area contributed by atoms with Crippen molar-refractivity contribution in [1.82, 2.24) is 15.0 Å². The highest BCUT2D eigenvalue weighted by atomic mass is 35.5. The molecule has 116 valence electrons. The lowest BCUT2D eigenvalue weighted by Crippen LogP contribution is -1.90. The largest absolute Gasteiger partial charge is 0.444 e. The summed E-state index contributed by atoms with van der Waals surface area (Å²) in [6.45, 7) is 1.97. The van der Waals surface area contributed by atoms with Crippen LogP contribution in [0.15, 0.2) is 36.5 Å². The van der Waals surface area contributed by atoms with Gasteiger partial charge in [0.25, 0.3) is 0 Å². The molecule has 1 saturated carbocycles. The SMILES string of the molecule is Cc1cccc(-c2nc(C3CC3)sc2Oc2ccnc(Cl)c2)n1. The van der Waals surface area contributed by atoms with Gasteiger partial charge in [-0.2, -0.15) is 0 Å². The van der Waals surface area contributed by atoms with E-state index in [0.29, 0.717) is 16.8 Å². The zero-order valence-corrected chi connectivity index (χ0v) is 14.1. The van der Waals surface area contributed by atoms with Crippen LogP contribution in [0.3, 0.4) is 0 Å². The molecule has 4 rings (SSSR count). The molecule has 1 aliphatic rings. The highest BCUT2D eigenvalue weighted by molar-refractivity contribution is 7.14. The highest BCUT2D eigenvalue weighted by Gasteiger charge is 2.29. The van der Waals surface area contributed by atoms with E-state index in [4.69, 9.17) is 21.3 Å². The third-order valence-corrected chi connectivity index (χ3v) is 4.88. The summed E-state index contributed by atoms with van der Waals surface area (Å²) >= 11 is 7.53. The number of nitrogens with zero attached hydrogens (tertiary/aromatic N) is 3. The smallest absolute Gasteiger partial charge is 0.210 e. The molecule has 0 N–H and O–H groups in total. The van der Waals surface area contributed by atoms with Gasteiger partial charge >= 0.3 is 0 Å². The van der Waals surface area contributed by atoms with Gasteiger partial charge in [-0.1, -0.05) is 29.0 Å². The number of pyridine rings is 2. The summed E-state index contributed by atoms with van der Waals surface area (Å²) < 4.78 is 6.03. The maximum absolute atomic E-state index is 6.03. The normalized spacial score (nSPS) is 14.0. The number of aromatic nitrogens is 3. The molecule has 0 radical (unpaired) electrons. The van der Waals surface area contributed by atoms with Gasteiger partial charge in [0.2, 0.25) is 5.06 Å². The lowest BCUT2D eigenvalue weighted by Gasteiger charge is -2.05. The standard InChI is InChI=1S/C17H14ClN3OS/c1-10-3-2-4-13(20-10)15-17(23-16(21-15)11-5-6-11)22-12-7-8-19-14(18)9-12/h2-4,7-9,11H,5-6H2,1H3. The van der Waals surface area contributed by atoms with Crippen molar-refractivity contribution < 1.29 is 4.74 Å². The van der Waals surface area contributed by atoms with Crippen LogP contribution in [0.2, 0.25) is 5.15 Å². The number of rotatable bonds is 4. The molecule has 0 aromatic carbocycles. The van der Waals surface area contributed by atoms with E-state index in [1.165, 1.54) is 12.8 Å². The molecule has 0 bridgehead atoms. The van der Waals surface area contributed by atoms with Crippen LogP contribution in [0.4, 0.5) is 0 Å². The first-order valence-corrected chi connectivity index (χ1v) is 8.62. The Labute approximate surface area is 143 Å². The van der Waals surface area contributed by atoms with Crippen molar-refractivity contribution >= 4 is 22.9 Å². The van der Waals surface area contributed by atoms with Crippen molar-refractivity contribution in [1.29, 1.82) is 0 Å². The molecule has 4 nitrogen and oxygen atoms in total. The number of hydrogen-bond acceptors (Lipinski definition) is 5. The van der Waals surface area contributed by atoms with E-state index in [1.54, 1.807) is 29.7 Å². The summed E-state index contributed by atoms with van der Waals surface area (Å²) in [5.74, 6) is 1.23. The highest BCUT2D eigenvalue weighted by Crippen LogP contribution is 2.47. The zero-order valence-electron chi connectivity index (χ0n) is 12.5. The van der Waals surface area contributed by atoms with Crippen molar-refractivity contribution in [2.45, 2.75) is 25.7 Å². The van der Waals surface area contributed by atoms with Crippen LogP contribution in [0, 0.1) is 6.92 Å². The first-order valence-electron chi connectivity index (χ1n) is 7.43. The third kappa shape index (κ3) is 3.21. The summed E-state index contributed by atoms with van der Waals surface area (Å²) in [4.78, 5) is 13.3. The van der Waals surface area contributed by atoms with Gasteiger partial charge < -0.3 is 4.74 Å². The molecule has 0 spiro atoms. The Morgan fingerprint density at radius 3 is 2.83 bits per heavy atom. The van der Waals surface area contributed by atoms with E-state index in [1.807, 2.05) is 25.1 Å². The van der Waals surface area contributed by atoms with Crippen molar-refractivity contribution in [2.24, 2.45) is 0 Å². The van der Waals surface area contributed by atoms with Crippen LogP contribution < -0.4 is 4.74 Å². The van der Waals surface area contributed by atoms with Crippen molar-refractivity contribution in [3.05, 3.63) is 52.4 Å². The van der Waals surface area contributed by atoms with E-state index < -0.39 is 0 Å². The van der Waals surface area contributed by atoms with Crippen LogP contribution in [0.25, 0.3) is 11.4 Å². The van der Waals surface area contributed by atoms with Crippen LogP contribution in [-0.2, 0) is 0 Å². The van der Waals surface area contributed by atoms with Gasteiger partial charge in [-0.25, -0.2) is 9.97 Å². The Balaban J connectivity index is 1.75. The second kappa shape index (κ2) is 5.91. The van der Waals surface area contributed by atoms with E-state index in [9.17, 15) is 0 Å². The monoisotopic (exact) mass is 343 g/mol.